The molecule has 1 aliphatic rings. The number of rotatable bonds is 6. The van der Waals surface area contributed by atoms with E-state index in [2.05, 4.69) is 35.1 Å². The Hall–Kier alpha value is -2.05. The monoisotopic (exact) mass is 510 g/mol. The van der Waals surface area contributed by atoms with Crippen molar-refractivity contribution in [1.82, 2.24) is 25.4 Å². The molecular formula is C17H22F3IN6O. The highest BCUT2D eigenvalue weighted by Crippen LogP contribution is 2.26. The van der Waals surface area contributed by atoms with Gasteiger partial charge in [0.25, 0.3) is 0 Å². The standard InChI is InChI=1S/C17H21F3N6O.HI/c1-2-21-16(23-11-15-25-24-14-8-5-9-26(14)15)22-10-12-6-3-4-7-13(12)27-17(18,19)20;/h3-4,6-7H,2,5,8-11H2,1H3,(H2,21,22,23);1H. The average molecular weight is 510 g/mol. The van der Waals surface area contributed by atoms with Crippen LogP contribution in [0.5, 0.6) is 5.75 Å². The van der Waals surface area contributed by atoms with E-state index >= 15 is 0 Å². The van der Waals surface area contributed by atoms with Crippen LogP contribution in [0, 0.1) is 0 Å². The van der Waals surface area contributed by atoms with Gasteiger partial charge in [0.1, 0.15) is 11.6 Å². The number of nitrogens with one attached hydrogen (secondary N) is 2. The molecule has 0 spiro atoms. The number of halogens is 4. The molecule has 2 N–H and O–H groups in total. The van der Waals surface area contributed by atoms with Crippen LogP contribution >= 0.6 is 24.0 Å². The molecule has 0 saturated carbocycles. The van der Waals surface area contributed by atoms with Crippen molar-refractivity contribution in [2.75, 3.05) is 6.54 Å². The lowest BCUT2D eigenvalue weighted by atomic mass is 10.2. The van der Waals surface area contributed by atoms with Gasteiger partial charge in [-0.15, -0.1) is 47.3 Å². The number of aliphatic imine (C=N–C) groups is 1. The summed E-state index contributed by atoms with van der Waals surface area (Å²) >= 11 is 0. The molecule has 0 amide bonds. The molecule has 0 saturated heterocycles. The van der Waals surface area contributed by atoms with Crippen LogP contribution in [-0.2, 0) is 26.1 Å². The molecule has 11 heteroatoms. The van der Waals surface area contributed by atoms with Crippen LogP contribution in [0.15, 0.2) is 29.3 Å². The van der Waals surface area contributed by atoms with Crippen LogP contribution in [0.1, 0.15) is 30.6 Å². The van der Waals surface area contributed by atoms with E-state index in [0.29, 0.717) is 24.6 Å². The van der Waals surface area contributed by atoms with Crippen molar-refractivity contribution >= 4 is 29.9 Å². The van der Waals surface area contributed by atoms with Gasteiger partial charge in [-0.2, -0.15) is 0 Å². The van der Waals surface area contributed by atoms with E-state index in [1.165, 1.54) is 12.1 Å². The quantitative estimate of drug-likeness (QED) is 0.355. The lowest BCUT2D eigenvalue weighted by Gasteiger charge is -2.14. The second-order valence-electron chi connectivity index (χ2n) is 5.99. The molecule has 1 aromatic carbocycles. The second kappa shape index (κ2) is 9.94. The van der Waals surface area contributed by atoms with E-state index in [9.17, 15) is 13.2 Å². The number of aromatic nitrogens is 3. The Morgan fingerprint density at radius 2 is 2.04 bits per heavy atom. The maximum Gasteiger partial charge on any atom is 0.573 e. The van der Waals surface area contributed by atoms with Crippen molar-refractivity contribution in [2.45, 2.75) is 45.8 Å². The topological polar surface area (TPSA) is 76.4 Å². The number of para-hydroxylation sites is 1. The van der Waals surface area contributed by atoms with Crippen LogP contribution in [-0.4, -0.2) is 33.6 Å². The van der Waals surface area contributed by atoms with E-state index in [1.807, 2.05) is 6.92 Å². The van der Waals surface area contributed by atoms with Gasteiger partial charge in [-0.1, -0.05) is 18.2 Å². The molecule has 0 atom stereocenters. The molecule has 154 valence electrons. The molecule has 7 nitrogen and oxygen atoms in total. The molecular weight excluding hydrogens is 488 g/mol. The van der Waals surface area contributed by atoms with Gasteiger partial charge in [0.15, 0.2) is 11.8 Å². The summed E-state index contributed by atoms with van der Waals surface area (Å²) < 4.78 is 43.7. The van der Waals surface area contributed by atoms with Crippen molar-refractivity contribution in [3.63, 3.8) is 0 Å². The fourth-order valence-corrected chi connectivity index (χ4v) is 2.87. The second-order valence-corrected chi connectivity index (χ2v) is 5.99. The number of ether oxygens (including phenoxy) is 1. The first-order valence-corrected chi connectivity index (χ1v) is 8.73. The molecule has 0 radical (unpaired) electrons. The minimum Gasteiger partial charge on any atom is -0.405 e. The summed E-state index contributed by atoms with van der Waals surface area (Å²) in [5.74, 6) is 2.02. The van der Waals surface area contributed by atoms with Crippen molar-refractivity contribution in [3.8, 4) is 5.75 Å². The van der Waals surface area contributed by atoms with Gasteiger partial charge in [0.05, 0.1) is 13.1 Å². The fourth-order valence-electron chi connectivity index (χ4n) is 2.87. The van der Waals surface area contributed by atoms with Crippen molar-refractivity contribution in [3.05, 3.63) is 41.5 Å². The third kappa shape index (κ3) is 5.97. The highest BCUT2D eigenvalue weighted by molar-refractivity contribution is 14.0. The van der Waals surface area contributed by atoms with Gasteiger partial charge in [-0.05, 0) is 19.4 Å². The highest BCUT2D eigenvalue weighted by Gasteiger charge is 2.31. The zero-order valence-corrected chi connectivity index (χ0v) is 17.6. The van der Waals surface area contributed by atoms with Crippen LogP contribution in [0.25, 0.3) is 0 Å². The number of benzene rings is 1. The van der Waals surface area contributed by atoms with Gasteiger partial charge >= 0.3 is 6.36 Å². The first-order chi connectivity index (χ1) is 13.0. The molecule has 2 aromatic rings. The SMILES string of the molecule is CCNC(=NCc1ccccc1OC(F)(F)F)NCc1nnc2n1CCC2.I. The molecule has 0 aliphatic carbocycles. The Bertz CT molecular complexity index is 808. The van der Waals surface area contributed by atoms with E-state index < -0.39 is 6.36 Å². The number of nitrogens with zero attached hydrogens (tertiary/aromatic N) is 4. The summed E-state index contributed by atoms with van der Waals surface area (Å²) in [5.41, 5.74) is 0.343. The molecule has 28 heavy (non-hydrogen) atoms. The number of fused-ring (bicyclic) bond motifs is 1. The zero-order valence-electron chi connectivity index (χ0n) is 15.3. The van der Waals surface area contributed by atoms with Gasteiger partial charge in [-0.3, -0.25) is 0 Å². The summed E-state index contributed by atoms with van der Waals surface area (Å²) in [5, 5.41) is 14.5. The van der Waals surface area contributed by atoms with E-state index in [1.54, 1.807) is 12.1 Å². The van der Waals surface area contributed by atoms with Gasteiger partial charge in [0.2, 0.25) is 0 Å². The van der Waals surface area contributed by atoms with Crippen molar-refractivity contribution < 1.29 is 17.9 Å². The molecule has 1 aromatic heterocycles. The summed E-state index contributed by atoms with van der Waals surface area (Å²) in [6.45, 7) is 3.89. The number of hydrogen-bond acceptors (Lipinski definition) is 4. The van der Waals surface area contributed by atoms with E-state index in [0.717, 1.165) is 31.0 Å². The molecule has 0 fully saturated rings. The molecule has 0 unspecified atom stereocenters. The number of hydrogen-bond donors (Lipinski definition) is 2. The lowest BCUT2D eigenvalue weighted by Crippen LogP contribution is -2.37. The maximum absolute atomic E-state index is 12.5. The Balaban J connectivity index is 0.00000280. The Morgan fingerprint density at radius 1 is 1.25 bits per heavy atom. The third-order valence-corrected chi connectivity index (χ3v) is 4.05. The highest BCUT2D eigenvalue weighted by atomic mass is 127. The van der Waals surface area contributed by atoms with E-state index in [-0.39, 0.29) is 36.3 Å². The summed E-state index contributed by atoms with van der Waals surface area (Å²) in [6, 6.07) is 5.97. The molecule has 3 rings (SSSR count). The Labute approximate surface area is 177 Å². The smallest absolute Gasteiger partial charge is 0.405 e. The normalized spacial score (nSPS) is 13.6. The summed E-state index contributed by atoms with van der Waals surface area (Å²) in [7, 11) is 0. The minimum atomic E-state index is -4.74. The largest absolute Gasteiger partial charge is 0.573 e. The number of aryl methyl sites for hydroxylation is 1. The minimum absolute atomic E-state index is 0. The van der Waals surface area contributed by atoms with Crippen molar-refractivity contribution in [1.29, 1.82) is 0 Å². The number of alkyl halides is 3. The zero-order chi connectivity index (χ0) is 19.3. The Morgan fingerprint density at radius 3 is 2.79 bits per heavy atom. The fraction of sp³-hybridized carbons (Fsp3) is 0.471. The Kier molecular flexibility index (Phi) is 7.89. The van der Waals surface area contributed by atoms with Gasteiger partial charge < -0.3 is 19.9 Å². The summed E-state index contributed by atoms with van der Waals surface area (Å²) in [4.78, 5) is 4.36. The molecule has 0 bridgehead atoms. The van der Waals surface area contributed by atoms with Crippen LogP contribution in [0.3, 0.4) is 0 Å². The van der Waals surface area contributed by atoms with Crippen LogP contribution < -0.4 is 15.4 Å². The predicted molar refractivity (Wildman–Crippen MR) is 109 cm³/mol. The van der Waals surface area contributed by atoms with Crippen molar-refractivity contribution in [2.24, 2.45) is 4.99 Å². The summed E-state index contributed by atoms with van der Waals surface area (Å²) in [6.07, 6.45) is -2.75. The lowest BCUT2D eigenvalue weighted by molar-refractivity contribution is -0.274. The molecule has 2 heterocycles. The van der Waals surface area contributed by atoms with Crippen LogP contribution in [0.4, 0.5) is 13.2 Å². The van der Waals surface area contributed by atoms with Gasteiger partial charge in [0, 0.05) is 25.1 Å². The van der Waals surface area contributed by atoms with E-state index in [4.69, 9.17) is 0 Å². The maximum atomic E-state index is 12.5. The van der Waals surface area contributed by atoms with Crippen LogP contribution in [0.2, 0.25) is 0 Å². The number of guanidine groups is 1. The third-order valence-electron chi connectivity index (χ3n) is 4.05. The molecule has 1 aliphatic heterocycles. The van der Waals surface area contributed by atoms with Gasteiger partial charge in [-0.25, -0.2) is 4.99 Å². The first kappa shape index (κ1) is 22.2. The first-order valence-electron chi connectivity index (χ1n) is 8.73. The average Bonchev–Trinajstić information content (AvgIpc) is 3.21. The predicted octanol–water partition coefficient (Wildman–Crippen LogP) is 3.00.